The van der Waals surface area contributed by atoms with Crippen LogP contribution in [-0.4, -0.2) is 5.91 Å². The maximum Gasteiger partial charge on any atom is 0.248 e. The Morgan fingerprint density at radius 2 is 1.82 bits per heavy atom. The molecule has 3 heteroatoms. The number of rotatable bonds is 4. The standard InChI is InChI=1S/C14H12NO2/c15-14(16)12-6-4-5-11(9-12)10-17-13-7-2-1-3-8-13/h1-10H,(H2,15,16). The van der Waals surface area contributed by atoms with Crippen LogP contribution in [0.5, 0.6) is 5.75 Å². The van der Waals surface area contributed by atoms with Gasteiger partial charge in [0.05, 0.1) is 0 Å². The SMILES string of the molecule is NC(=O)c1cccc([CH]Oc2ccccc2)c1. The summed E-state index contributed by atoms with van der Waals surface area (Å²) in [6.45, 7) is 1.59. The van der Waals surface area contributed by atoms with E-state index in [-0.39, 0.29) is 0 Å². The summed E-state index contributed by atoms with van der Waals surface area (Å²) < 4.78 is 5.45. The predicted molar refractivity (Wildman–Crippen MR) is 65.4 cm³/mol. The lowest BCUT2D eigenvalue weighted by atomic mass is 10.1. The molecule has 0 aliphatic rings. The van der Waals surface area contributed by atoms with Crippen molar-refractivity contribution < 1.29 is 9.53 Å². The highest BCUT2D eigenvalue weighted by atomic mass is 16.5. The number of para-hydroxylation sites is 1. The highest BCUT2D eigenvalue weighted by molar-refractivity contribution is 5.92. The first-order valence-corrected chi connectivity index (χ1v) is 5.20. The first kappa shape index (κ1) is 11.2. The minimum atomic E-state index is -0.444. The van der Waals surface area contributed by atoms with Gasteiger partial charge in [-0.25, -0.2) is 0 Å². The van der Waals surface area contributed by atoms with Crippen molar-refractivity contribution in [2.75, 3.05) is 0 Å². The van der Waals surface area contributed by atoms with Crippen molar-refractivity contribution >= 4 is 5.91 Å². The normalized spacial score (nSPS) is 9.88. The Balaban J connectivity index is 2.04. The minimum Gasteiger partial charge on any atom is -0.481 e. The molecule has 1 radical (unpaired) electrons. The Morgan fingerprint density at radius 3 is 2.53 bits per heavy atom. The second-order valence-electron chi connectivity index (χ2n) is 3.54. The third-order valence-corrected chi connectivity index (χ3v) is 2.25. The van der Waals surface area contributed by atoms with Gasteiger partial charge in [0, 0.05) is 5.56 Å². The van der Waals surface area contributed by atoms with Crippen LogP contribution >= 0.6 is 0 Å². The smallest absolute Gasteiger partial charge is 0.248 e. The van der Waals surface area contributed by atoms with E-state index in [9.17, 15) is 4.79 Å². The summed E-state index contributed by atoms with van der Waals surface area (Å²) in [5, 5.41) is 0. The molecule has 3 nitrogen and oxygen atoms in total. The van der Waals surface area contributed by atoms with E-state index in [1.165, 1.54) is 0 Å². The predicted octanol–water partition coefficient (Wildman–Crippen LogP) is 2.37. The molecule has 2 aromatic rings. The monoisotopic (exact) mass is 226 g/mol. The Labute approximate surface area is 99.8 Å². The minimum absolute atomic E-state index is 0.444. The Kier molecular flexibility index (Phi) is 3.40. The maximum atomic E-state index is 11.0. The number of hydrogen-bond acceptors (Lipinski definition) is 2. The Morgan fingerprint density at radius 1 is 1.06 bits per heavy atom. The first-order valence-electron chi connectivity index (χ1n) is 5.20. The second kappa shape index (κ2) is 5.16. The van der Waals surface area contributed by atoms with Crippen LogP contribution in [-0.2, 0) is 0 Å². The fraction of sp³-hybridized carbons (Fsp3) is 0. The fourth-order valence-electron chi connectivity index (χ4n) is 1.40. The zero-order valence-corrected chi connectivity index (χ0v) is 9.17. The van der Waals surface area contributed by atoms with Crippen molar-refractivity contribution in [2.45, 2.75) is 0 Å². The van der Waals surface area contributed by atoms with Gasteiger partial charge in [-0.15, -0.1) is 0 Å². The molecule has 0 aliphatic heterocycles. The van der Waals surface area contributed by atoms with Gasteiger partial charge in [0.25, 0.3) is 0 Å². The van der Waals surface area contributed by atoms with Gasteiger partial charge < -0.3 is 10.5 Å². The highest BCUT2D eigenvalue weighted by Gasteiger charge is 2.02. The van der Waals surface area contributed by atoms with Crippen LogP contribution < -0.4 is 10.5 Å². The molecule has 1 amide bonds. The van der Waals surface area contributed by atoms with Crippen molar-refractivity contribution in [1.82, 2.24) is 0 Å². The molecule has 0 atom stereocenters. The van der Waals surface area contributed by atoms with E-state index >= 15 is 0 Å². The van der Waals surface area contributed by atoms with Crippen molar-refractivity contribution in [1.29, 1.82) is 0 Å². The Bertz CT molecular complexity index is 509. The third kappa shape index (κ3) is 3.08. The largest absolute Gasteiger partial charge is 0.481 e. The second-order valence-corrected chi connectivity index (χ2v) is 3.54. The van der Waals surface area contributed by atoms with Gasteiger partial charge in [-0.05, 0) is 29.8 Å². The summed E-state index contributed by atoms with van der Waals surface area (Å²) in [4.78, 5) is 11.0. The van der Waals surface area contributed by atoms with Gasteiger partial charge in [0.1, 0.15) is 5.75 Å². The van der Waals surface area contributed by atoms with Crippen LogP contribution in [0.25, 0.3) is 0 Å². The molecule has 0 unspecified atom stereocenters. The molecule has 2 N–H and O–H groups in total. The van der Waals surface area contributed by atoms with Crippen molar-refractivity contribution in [3.63, 3.8) is 0 Å². The molecular formula is C14H12NO2. The van der Waals surface area contributed by atoms with E-state index in [2.05, 4.69) is 0 Å². The first-order chi connectivity index (χ1) is 8.25. The molecule has 17 heavy (non-hydrogen) atoms. The van der Waals surface area contributed by atoms with Gasteiger partial charge >= 0.3 is 0 Å². The number of ether oxygens (including phenoxy) is 1. The van der Waals surface area contributed by atoms with Crippen LogP contribution in [0.1, 0.15) is 15.9 Å². The lowest BCUT2D eigenvalue weighted by molar-refractivity contribution is 0.1000. The van der Waals surface area contributed by atoms with Crippen LogP contribution in [0.2, 0.25) is 0 Å². The molecule has 0 bridgehead atoms. The van der Waals surface area contributed by atoms with Crippen LogP contribution in [0.15, 0.2) is 54.6 Å². The molecule has 0 saturated heterocycles. The van der Waals surface area contributed by atoms with E-state index in [4.69, 9.17) is 10.5 Å². The average molecular weight is 226 g/mol. The summed E-state index contributed by atoms with van der Waals surface area (Å²) in [7, 11) is 0. The third-order valence-electron chi connectivity index (χ3n) is 2.25. The summed E-state index contributed by atoms with van der Waals surface area (Å²) >= 11 is 0. The number of benzene rings is 2. The maximum absolute atomic E-state index is 11.0. The zero-order valence-electron chi connectivity index (χ0n) is 9.17. The van der Waals surface area contributed by atoms with Crippen molar-refractivity contribution in [3.05, 3.63) is 72.3 Å². The topological polar surface area (TPSA) is 52.3 Å². The average Bonchev–Trinajstić information content (AvgIpc) is 2.38. The number of hydrogen-bond donors (Lipinski definition) is 1. The molecule has 2 rings (SSSR count). The molecule has 0 aliphatic carbocycles. The quantitative estimate of drug-likeness (QED) is 0.870. The molecule has 0 fully saturated rings. The van der Waals surface area contributed by atoms with Crippen molar-refractivity contribution in [2.24, 2.45) is 5.73 Å². The fourth-order valence-corrected chi connectivity index (χ4v) is 1.40. The number of amides is 1. The molecule has 0 saturated carbocycles. The van der Waals surface area contributed by atoms with E-state index in [1.807, 2.05) is 36.4 Å². The highest BCUT2D eigenvalue weighted by Crippen LogP contribution is 2.13. The van der Waals surface area contributed by atoms with Crippen LogP contribution in [0, 0.1) is 6.61 Å². The number of carbonyl (C=O) groups excluding carboxylic acids is 1. The van der Waals surface area contributed by atoms with Gasteiger partial charge in [-0.1, -0.05) is 30.3 Å². The molecule has 0 spiro atoms. The van der Waals surface area contributed by atoms with Gasteiger partial charge in [-0.2, -0.15) is 0 Å². The number of primary amides is 1. The Hall–Kier alpha value is -2.29. The van der Waals surface area contributed by atoms with E-state index in [0.717, 1.165) is 11.3 Å². The molecule has 85 valence electrons. The van der Waals surface area contributed by atoms with Gasteiger partial charge in [0.2, 0.25) is 5.91 Å². The molecule has 0 heterocycles. The van der Waals surface area contributed by atoms with E-state index < -0.39 is 5.91 Å². The van der Waals surface area contributed by atoms with Gasteiger partial charge in [0.15, 0.2) is 6.61 Å². The lowest BCUT2D eigenvalue weighted by Crippen LogP contribution is -2.11. The van der Waals surface area contributed by atoms with E-state index in [1.54, 1.807) is 24.8 Å². The van der Waals surface area contributed by atoms with Gasteiger partial charge in [-0.3, -0.25) is 4.79 Å². The summed E-state index contributed by atoms with van der Waals surface area (Å²) in [5.74, 6) is 0.303. The lowest BCUT2D eigenvalue weighted by Gasteiger charge is -2.05. The molecule has 2 aromatic carbocycles. The van der Waals surface area contributed by atoms with Crippen molar-refractivity contribution in [3.8, 4) is 5.75 Å². The number of carbonyl (C=O) groups is 1. The number of nitrogens with two attached hydrogens (primary N) is 1. The molecule has 0 aromatic heterocycles. The summed E-state index contributed by atoms with van der Waals surface area (Å²) in [6, 6.07) is 16.4. The van der Waals surface area contributed by atoms with E-state index in [0.29, 0.717) is 5.56 Å². The summed E-state index contributed by atoms with van der Waals surface area (Å²) in [6.07, 6.45) is 0. The zero-order chi connectivity index (χ0) is 12.1. The van der Waals surface area contributed by atoms with Crippen LogP contribution in [0.4, 0.5) is 0 Å². The summed E-state index contributed by atoms with van der Waals surface area (Å²) in [5.41, 5.74) is 6.46. The molecular weight excluding hydrogens is 214 g/mol. The van der Waals surface area contributed by atoms with Crippen LogP contribution in [0.3, 0.4) is 0 Å².